The van der Waals surface area contributed by atoms with E-state index in [4.69, 9.17) is 19.9 Å². The number of nitrogens with one attached hydrogen (secondary N) is 1. The van der Waals surface area contributed by atoms with Crippen LogP contribution < -0.4 is 20.5 Å². The van der Waals surface area contributed by atoms with Gasteiger partial charge in [0, 0.05) is 6.54 Å². The smallest absolute Gasteiger partial charge is 0.408 e. The zero-order valence-corrected chi connectivity index (χ0v) is 11.9. The fourth-order valence-corrected chi connectivity index (χ4v) is 1.86. The second kappa shape index (κ2) is 5.58. The second-order valence-corrected chi connectivity index (χ2v) is 5.55. The normalized spacial score (nSPS) is 14.8. The van der Waals surface area contributed by atoms with Gasteiger partial charge in [0.05, 0.1) is 6.04 Å². The lowest BCUT2D eigenvalue weighted by Crippen LogP contribution is -2.37. The molecule has 0 aliphatic carbocycles. The summed E-state index contributed by atoms with van der Waals surface area (Å²) in [7, 11) is 0. The molecule has 6 nitrogen and oxygen atoms in total. The van der Waals surface area contributed by atoms with Crippen molar-refractivity contribution >= 4 is 6.09 Å². The summed E-state index contributed by atoms with van der Waals surface area (Å²) < 4.78 is 15.8. The lowest BCUT2D eigenvalue weighted by Gasteiger charge is -2.23. The first-order valence-electron chi connectivity index (χ1n) is 6.48. The van der Waals surface area contributed by atoms with Crippen LogP contribution in [0.1, 0.15) is 32.4 Å². The zero-order valence-electron chi connectivity index (χ0n) is 11.9. The molecule has 20 heavy (non-hydrogen) atoms. The van der Waals surface area contributed by atoms with Gasteiger partial charge in [-0.3, -0.25) is 0 Å². The van der Waals surface area contributed by atoms with Crippen LogP contribution >= 0.6 is 0 Å². The van der Waals surface area contributed by atoms with Crippen LogP contribution in [0.4, 0.5) is 4.79 Å². The van der Waals surface area contributed by atoms with Gasteiger partial charge < -0.3 is 25.3 Å². The number of carbonyl (C=O) groups is 1. The fraction of sp³-hybridized carbons (Fsp3) is 0.500. The summed E-state index contributed by atoms with van der Waals surface area (Å²) in [6.45, 7) is 5.91. The third-order valence-corrected chi connectivity index (χ3v) is 2.73. The quantitative estimate of drug-likeness (QED) is 0.884. The summed E-state index contributed by atoms with van der Waals surface area (Å²) in [5, 5.41) is 2.75. The minimum absolute atomic E-state index is 0.214. The molecule has 2 rings (SSSR count). The van der Waals surface area contributed by atoms with Crippen molar-refractivity contribution < 1.29 is 19.0 Å². The lowest BCUT2D eigenvalue weighted by molar-refractivity contribution is 0.0505. The Bertz CT molecular complexity index is 496. The third kappa shape index (κ3) is 3.54. The Morgan fingerprint density at radius 1 is 1.40 bits per heavy atom. The van der Waals surface area contributed by atoms with E-state index in [0.29, 0.717) is 11.5 Å². The molecule has 1 atom stereocenters. The fourth-order valence-electron chi connectivity index (χ4n) is 1.86. The van der Waals surface area contributed by atoms with Crippen molar-refractivity contribution in [2.75, 3.05) is 13.3 Å². The van der Waals surface area contributed by atoms with Gasteiger partial charge in [-0.15, -0.1) is 0 Å². The van der Waals surface area contributed by atoms with E-state index in [1.165, 1.54) is 0 Å². The van der Waals surface area contributed by atoms with Crippen LogP contribution in [0.15, 0.2) is 18.2 Å². The van der Waals surface area contributed by atoms with E-state index in [0.717, 1.165) is 5.56 Å². The molecular weight excluding hydrogens is 260 g/mol. The SMILES string of the molecule is CC(C)(C)OC(=O)NC(CN)c1ccc2c(c1)OCO2. The third-order valence-electron chi connectivity index (χ3n) is 2.73. The molecule has 0 saturated heterocycles. The number of amides is 1. The molecule has 1 amide bonds. The highest BCUT2D eigenvalue weighted by atomic mass is 16.7. The summed E-state index contributed by atoms with van der Waals surface area (Å²) in [6.07, 6.45) is -0.495. The molecule has 6 heteroatoms. The standard InChI is InChI=1S/C14H20N2O4/c1-14(2,3)20-13(17)16-10(7-15)9-4-5-11-12(6-9)19-8-18-11/h4-6,10H,7-8,15H2,1-3H3,(H,16,17). The first-order valence-corrected chi connectivity index (χ1v) is 6.48. The molecule has 0 aromatic heterocycles. The molecule has 1 heterocycles. The molecule has 0 saturated carbocycles. The summed E-state index contributed by atoms with van der Waals surface area (Å²) in [4.78, 5) is 11.8. The van der Waals surface area contributed by atoms with Crippen LogP contribution in [-0.4, -0.2) is 25.0 Å². The van der Waals surface area contributed by atoms with Crippen molar-refractivity contribution in [3.8, 4) is 11.5 Å². The van der Waals surface area contributed by atoms with Gasteiger partial charge in [0.1, 0.15) is 5.60 Å². The highest BCUT2D eigenvalue weighted by molar-refractivity contribution is 5.68. The Morgan fingerprint density at radius 2 is 2.10 bits per heavy atom. The van der Waals surface area contributed by atoms with Gasteiger partial charge in [0.15, 0.2) is 11.5 Å². The number of ether oxygens (including phenoxy) is 3. The largest absolute Gasteiger partial charge is 0.454 e. The highest BCUT2D eigenvalue weighted by Gasteiger charge is 2.21. The van der Waals surface area contributed by atoms with Crippen LogP contribution in [0, 0.1) is 0 Å². The molecule has 110 valence electrons. The molecule has 0 spiro atoms. The van der Waals surface area contributed by atoms with Crippen molar-refractivity contribution in [2.45, 2.75) is 32.4 Å². The van der Waals surface area contributed by atoms with Crippen molar-refractivity contribution in [1.29, 1.82) is 0 Å². The lowest BCUT2D eigenvalue weighted by atomic mass is 10.1. The maximum Gasteiger partial charge on any atom is 0.408 e. The van der Waals surface area contributed by atoms with E-state index in [-0.39, 0.29) is 19.4 Å². The number of fused-ring (bicyclic) bond motifs is 1. The molecule has 0 fully saturated rings. The monoisotopic (exact) mass is 280 g/mol. The van der Waals surface area contributed by atoms with Crippen LogP contribution in [0.3, 0.4) is 0 Å². The Kier molecular flexibility index (Phi) is 4.04. The average molecular weight is 280 g/mol. The summed E-state index contributed by atoms with van der Waals surface area (Å²) in [5.74, 6) is 1.36. The number of alkyl carbamates (subject to hydrolysis) is 1. The van der Waals surface area contributed by atoms with Crippen LogP contribution in [0.2, 0.25) is 0 Å². The molecule has 0 bridgehead atoms. The summed E-state index contributed by atoms with van der Waals surface area (Å²) in [6, 6.07) is 5.14. The molecular formula is C14H20N2O4. The molecule has 1 aromatic rings. The minimum atomic E-state index is -0.544. The van der Waals surface area contributed by atoms with E-state index in [1.54, 1.807) is 6.07 Å². The molecule has 1 unspecified atom stereocenters. The van der Waals surface area contributed by atoms with Crippen molar-refractivity contribution in [1.82, 2.24) is 5.32 Å². The Hall–Kier alpha value is -1.95. The van der Waals surface area contributed by atoms with Crippen molar-refractivity contribution in [3.05, 3.63) is 23.8 Å². The Morgan fingerprint density at radius 3 is 2.75 bits per heavy atom. The molecule has 1 aromatic carbocycles. The first-order chi connectivity index (χ1) is 9.39. The topological polar surface area (TPSA) is 82.8 Å². The molecule has 1 aliphatic heterocycles. The van der Waals surface area contributed by atoms with Gasteiger partial charge in [-0.2, -0.15) is 0 Å². The molecule has 0 radical (unpaired) electrons. The number of hydrogen-bond donors (Lipinski definition) is 2. The average Bonchev–Trinajstić information content (AvgIpc) is 2.80. The van der Waals surface area contributed by atoms with Gasteiger partial charge in [0.25, 0.3) is 0 Å². The predicted octanol–water partition coefficient (Wildman–Crippen LogP) is 1.94. The van der Waals surface area contributed by atoms with Crippen LogP contribution in [-0.2, 0) is 4.74 Å². The number of benzene rings is 1. The number of hydrogen-bond acceptors (Lipinski definition) is 5. The van der Waals surface area contributed by atoms with E-state index in [1.807, 2.05) is 32.9 Å². The Labute approximate surface area is 118 Å². The molecule has 1 aliphatic rings. The van der Waals surface area contributed by atoms with Crippen molar-refractivity contribution in [3.63, 3.8) is 0 Å². The van der Waals surface area contributed by atoms with Gasteiger partial charge in [0.2, 0.25) is 6.79 Å². The summed E-state index contributed by atoms with van der Waals surface area (Å²) in [5.41, 5.74) is 6.03. The van der Waals surface area contributed by atoms with Gasteiger partial charge in [-0.1, -0.05) is 6.07 Å². The van der Waals surface area contributed by atoms with Gasteiger partial charge in [-0.25, -0.2) is 4.79 Å². The van der Waals surface area contributed by atoms with Gasteiger partial charge >= 0.3 is 6.09 Å². The van der Waals surface area contributed by atoms with Crippen LogP contribution in [0.5, 0.6) is 11.5 Å². The van der Waals surface area contributed by atoms with Crippen molar-refractivity contribution in [2.24, 2.45) is 5.73 Å². The predicted molar refractivity (Wildman–Crippen MR) is 73.7 cm³/mol. The number of rotatable bonds is 3. The van der Waals surface area contributed by atoms with E-state index in [2.05, 4.69) is 5.32 Å². The first kappa shape index (κ1) is 14.5. The maximum absolute atomic E-state index is 11.8. The highest BCUT2D eigenvalue weighted by Crippen LogP contribution is 2.34. The van der Waals surface area contributed by atoms with E-state index >= 15 is 0 Å². The number of carbonyl (C=O) groups excluding carboxylic acids is 1. The second-order valence-electron chi connectivity index (χ2n) is 5.55. The zero-order chi connectivity index (χ0) is 14.8. The maximum atomic E-state index is 11.8. The minimum Gasteiger partial charge on any atom is -0.454 e. The summed E-state index contributed by atoms with van der Waals surface area (Å²) >= 11 is 0. The Balaban J connectivity index is 2.06. The van der Waals surface area contributed by atoms with Gasteiger partial charge in [-0.05, 0) is 38.5 Å². The number of nitrogens with two attached hydrogens (primary N) is 1. The van der Waals surface area contributed by atoms with E-state index < -0.39 is 11.7 Å². The van der Waals surface area contributed by atoms with Crippen LogP contribution in [0.25, 0.3) is 0 Å². The van der Waals surface area contributed by atoms with E-state index in [9.17, 15) is 4.79 Å². The molecule has 3 N–H and O–H groups in total.